The van der Waals surface area contributed by atoms with E-state index in [2.05, 4.69) is 24.3 Å². The van der Waals surface area contributed by atoms with Crippen LogP contribution in [0.5, 0.6) is 0 Å². The molecule has 28 heavy (non-hydrogen) atoms. The second-order valence-electron chi connectivity index (χ2n) is 7.05. The summed E-state index contributed by atoms with van der Waals surface area (Å²) in [5, 5.41) is 24.0. The summed E-state index contributed by atoms with van der Waals surface area (Å²) in [5.41, 5.74) is 3.46. The second-order valence-corrected chi connectivity index (χ2v) is 7.05. The normalized spacial score (nSPS) is 13.1. The van der Waals surface area contributed by atoms with Gasteiger partial charge < -0.3 is 10.0 Å². The van der Waals surface area contributed by atoms with Crippen LogP contribution in [0.4, 0.5) is 0 Å². The molecule has 0 atom stereocenters. The molecule has 0 bridgehead atoms. The molecule has 1 aliphatic rings. The van der Waals surface area contributed by atoms with E-state index in [0.717, 1.165) is 32.8 Å². The number of fused-ring (bicyclic) bond motifs is 3. The largest absolute Gasteiger partial charge is 0.489 e. The molecule has 0 fully saturated rings. The number of rotatable bonds is 2. The molecule has 0 saturated carbocycles. The minimum Gasteiger partial charge on any atom is -0.423 e. The zero-order chi connectivity index (χ0) is 19.3. The van der Waals surface area contributed by atoms with Gasteiger partial charge in [-0.3, -0.25) is 4.79 Å². The van der Waals surface area contributed by atoms with Gasteiger partial charge in [0.1, 0.15) is 0 Å². The first-order valence-electron chi connectivity index (χ1n) is 9.29. The van der Waals surface area contributed by atoms with Crippen LogP contribution in [-0.4, -0.2) is 22.9 Å². The third kappa shape index (κ3) is 2.43. The Labute approximate surface area is 162 Å². The molecule has 0 radical (unpaired) electrons. The zero-order valence-electron chi connectivity index (χ0n) is 15.1. The fourth-order valence-electron chi connectivity index (χ4n) is 4.34. The Morgan fingerprint density at radius 1 is 0.750 bits per heavy atom. The van der Waals surface area contributed by atoms with E-state index in [1.165, 1.54) is 0 Å². The predicted octanol–water partition coefficient (Wildman–Crippen LogP) is 3.94. The lowest BCUT2D eigenvalue weighted by Crippen LogP contribution is -2.37. The Morgan fingerprint density at radius 3 is 2.21 bits per heavy atom. The minimum absolute atomic E-state index is 0.0900. The third-order valence-corrected chi connectivity index (χ3v) is 5.48. The maximum atomic E-state index is 12.8. The number of allylic oxidation sites excluding steroid dienone is 1. The fraction of sp³-hybridized carbons (Fsp3) is 0.0417. The summed E-state index contributed by atoms with van der Waals surface area (Å²) in [5.74, 6) is -0.0900. The first-order chi connectivity index (χ1) is 13.7. The van der Waals surface area contributed by atoms with E-state index < -0.39 is 7.12 Å². The van der Waals surface area contributed by atoms with Crippen LogP contribution in [0.3, 0.4) is 0 Å². The van der Waals surface area contributed by atoms with Crippen molar-refractivity contribution < 1.29 is 14.8 Å². The van der Waals surface area contributed by atoms with Crippen molar-refractivity contribution in [3.8, 4) is 11.1 Å². The molecule has 4 aromatic carbocycles. The molecule has 5 rings (SSSR count). The Bertz CT molecular complexity index is 1280. The number of hydrogen-bond donors (Lipinski definition) is 2. The summed E-state index contributed by atoms with van der Waals surface area (Å²) >= 11 is 0. The van der Waals surface area contributed by atoms with Crippen LogP contribution in [0.2, 0.25) is 0 Å². The molecule has 4 heteroatoms. The molecule has 0 heterocycles. The van der Waals surface area contributed by atoms with Gasteiger partial charge in [-0.25, -0.2) is 0 Å². The van der Waals surface area contributed by atoms with Crippen molar-refractivity contribution in [3.05, 3.63) is 83.9 Å². The summed E-state index contributed by atoms with van der Waals surface area (Å²) < 4.78 is 0. The first kappa shape index (κ1) is 16.9. The lowest BCUT2D eigenvalue weighted by atomic mass is 9.68. The summed E-state index contributed by atoms with van der Waals surface area (Å²) in [6, 6.07) is 21.9. The topological polar surface area (TPSA) is 57.5 Å². The van der Waals surface area contributed by atoms with Crippen molar-refractivity contribution in [1.82, 2.24) is 0 Å². The fourth-order valence-corrected chi connectivity index (χ4v) is 4.34. The quantitative estimate of drug-likeness (QED) is 0.530. The van der Waals surface area contributed by atoms with Crippen LogP contribution in [-0.2, 0) is 0 Å². The molecular weight excluding hydrogens is 347 g/mol. The highest BCUT2D eigenvalue weighted by molar-refractivity contribution is 6.64. The molecular formula is C24H17BO3. The van der Waals surface area contributed by atoms with E-state index in [1.807, 2.05) is 54.6 Å². The van der Waals surface area contributed by atoms with E-state index in [4.69, 9.17) is 0 Å². The van der Waals surface area contributed by atoms with E-state index >= 15 is 0 Å². The van der Waals surface area contributed by atoms with Crippen molar-refractivity contribution >= 4 is 46.0 Å². The van der Waals surface area contributed by atoms with Gasteiger partial charge in [0.25, 0.3) is 0 Å². The molecule has 0 amide bonds. The van der Waals surface area contributed by atoms with Crippen molar-refractivity contribution in [2.75, 3.05) is 0 Å². The van der Waals surface area contributed by atoms with Crippen LogP contribution in [0.1, 0.15) is 22.3 Å². The standard InChI is InChI=1S/C24H17BO3/c26-21-14-6-13-20-22(17-12-5-8-15-7-1-2-9-16(15)17)18-10-3-4-11-19(18)24(23(20)21)25(27)28/h1-13,27-28H,14H2. The summed E-state index contributed by atoms with van der Waals surface area (Å²) in [6.45, 7) is 0. The van der Waals surface area contributed by atoms with Crippen molar-refractivity contribution in [3.63, 3.8) is 0 Å². The maximum absolute atomic E-state index is 12.8. The Morgan fingerprint density at radius 2 is 1.43 bits per heavy atom. The van der Waals surface area contributed by atoms with Gasteiger partial charge in [-0.1, -0.05) is 78.9 Å². The number of benzene rings is 4. The highest BCUT2D eigenvalue weighted by Gasteiger charge is 2.30. The Kier molecular flexibility index (Phi) is 3.90. The highest BCUT2D eigenvalue weighted by Crippen LogP contribution is 2.39. The molecule has 1 aliphatic carbocycles. The average molecular weight is 364 g/mol. The molecule has 0 unspecified atom stereocenters. The van der Waals surface area contributed by atoms with E-state index in [0.29, 0.717) is 16.4 Å². The summed E-state index contributed by atoms with van der Waals surface area (Å²) in [6.07, 6.45) is 4.05. The number of carbonyl (C=O) groups excluding carboxylic acids is 1. The number of carbonyl (C=O) groups is 1. The van der Waals surface area contributed by atoms with Gasteiger partial charge in [-0.05, 0) is 38.2 Å². The minimum atomic E-state index is -1.71. The second kappa shape index (κ2) is 6.45. The number of ketones is 1. The van der Waals surface area contributed by atoms with Gasteiger partial charge in [-0.15, -0.1) is 0 Å². The van der Waals surface area contributed by atoms with Crippen LogP contribution in [0.15, 0.2) is 72.8 Å². The van der Waals surface area contributed by atoms with Crippen molar-refractivity contribution in [2.45, 2.75) is 6.42 Å². The molecule has 3 nitrogen and oxygen atoms in total. The van der Waals surface area contributed by atoms with Gasteiger partial charge in [0, 0.05) is 17.4 Å². The van der Waals surface area contributed by atoms with Gasteiger partial charge in [0.05, 0.1) is 0 Å². The van der Waals surface area contributed by atoms with Crippen LogP contribution < -0.4 is 5.46 Å². The number of Topliss-reactive ketones (excluding diaryl/α,β-unsaturated/α-hetero) is 1. The molecule has 0 aliphatic heterocycles. The van der Waals surface area contributed by atoms with Crippen LogP contribution in [0, 0.1) is 0 Å². The Balaban J connectivity index is 2.02. The van der Waals surface area contributed by atoms with Crippen molar-refractivity contribution in [1.29, 1.82) is 0 Å². The zero-order valence-corrected chi connectivity index (χ0v) is 15.1. The SMILES string of the molecule is O=C1CC=Cc2c1c(B(O)O)c1ccccc1c2-c1cccc2ccccc12. The van der Waals surface area contributed by atoms with Crippen molar-refractivity contribution in [2.24, 2.45) is 0 Å². The first-order valence-corrected chi connectivity index (χ1v) is 9.29. The number of hydrogen-bond acceptors (Lipinski definition) is 3. The van der Waals surface area contributed by atoms with Crippen LogP contribution in [0.25, 0.3) is 38.7 Å². The van der Waals surface area contributed by atoms with E-state index in [1.54, 1.807) is 0 Å². The summed E-state index contributed by atoms with van der Waals surface area (Å²) in [4.78, 5) is 12.8. The lowest BCUT2D eigenvalue weighted by molar-refractivity contribution is 0.0995. The molecule has 0 saturated heterocycles. The third-order valence-electron chi connectivity index (χ3n) is 5.48. The lowest BCUT2D eigenvalue weighted by Gasteiger charge is -2.23. The van der Waals surface area contributed by atoms with E-state index in [9.17, 15) is 14.8 Å². The molecule has 134 valence electrons. The van der Waals surface area contributed by atoms with Gasteiger partial charge in [0.15, 0.2) is 5.78 Å². The molecule has 0 spiro atoms. The maximum Gasteiger partial charge on any atom is 0.489 e. The van der Waals surface area contributed by atoms with Gasteiger partial charge in [-0.2, -0.15) is 0 Å². The molecule has 4 aromatic rings. The van der Waals surface area contributed by atoms with E-state index in [-0.39, 0.29) is 12.2 Å². The molecule has 0 aromatic heterocycles. The predicted molar refractivity (Wildman–Crippen MR) is 115 cm³/mol. The Hall–Kier alpha value is -3.21. The summed E-state index contributed by atoms with van der Waals surface area (Å²) in [7, 11) is -1.71. The van der Waals surface area contributed by atoms with Gasteiger partial charge in [0.2, 0.25) is 0 Å². The monoisotopic (exact) mass is 364 g/mol. The molecule has 2 N–H and O–H groups in total. The average Bonchev–Trinajstić information content (AvgIpc) is 2.72. The van der Waals surface area contributed by atoms with Gasteiger partial charge >= 0.3 is 7.12 Å². The highest BCUT2D eigenvalue weighted by atomic mass is 16.4. The smallest absolute Gasteiger partial charge is 0.423 e. The van der Waals surface area contributed by atoms with Crippen LogP contribution >= 0.6 is 0 Å².